The van der Waals surface area contributed by atoms with Gasteiger partial charge in [-0.2, -0.15) is 0 Å². The highest BCUT2D eigenvalue weighted by atomic mass is 32.2. The van der Waals surface area contributed by atoms with Crippen molar-refractivity contribution in [1.29, 1.82) is 0 Å². The summed E-state index contributed by atoms with van der Waals surface area (Å²) in [6.07, 6.45) is 0.224. The molecule has 0 saturated carbocycles. The Labute approximate surface area is 179 Å². The number of carbonyl (C=O) groups excluding carboxylic acids is 1. The summed E-state index contributed by atoms with van der Waals surface area (Å²) in [5.41, 5.74) is 2.94. The number of hydrogen-bond donors (Lipinski definition) is 0. The number of benzene rings is 3. The van der Waals surface area contributed by atoms with Crippen LogP contribution in [0.4, 0.5) is 0 Å². The maximum atomic E-state index is 13.1. The normalized spacial score (nSPS) is 11.4. The van der Waals surface area contributed by atoms with E-state index in [0.717, 1.165) is 16.7 Å². The molecule has 156 valence electrons. The Morgan fingerprint density at radius 1 is 0.733 bits per heavy atom. The lowest BCUT2D eigenvalue weighted by atomic mass is 10.1. The van der Waals surface area contributed by atoms with Gasteiger partial charge in [0.25, 0.3) is 0 Å². The molecule has 30 heavy (non-hydrogen) atoms. The topological polar surface area (TPSA) is 54.5 Å². The smallest absolute Gasteiger partial charge is 0.227 e. The molecular formula is C25H27NO3S. The summed E-state index contributed by atoms with van der Waals surface area (Å²) >= 11 is 0. The van der Waals surface area contributed by atoms with Crippen LogP contribution >= 0.6 is 0 Å². The van der Waals surface area contributed by atoms with Crippen LogP contribution in [0, 0.1) is 0 Å². The molecule has 0 unspecified atom stereocenters. The van der Waals surface area contributed by atoms with Crippen molar-refractivity contribution in [2.45, 2.75) is 43.5 Å². The predicted octanol–water partition coefficient (Wildman–Crippen LogP) is 4.64. The summed E-state index contributed by atoms with van der Waals surface area (Å²) in [6.45, 7) is 4.37. The Balaban J connectivity index is 1.77. The Hall–Kier alpha value is -2.92. The number of carbonyl (C=O) groups is 1. The van der Waals surface area contributed by atoms with Crippen molar-refractivity contribution in [2.24, 2.45) is 0 Å². The molecule has 5 heteroatoms. The van der Waals surface area contributed by atoms with Crippen molar-refractivity contribution in [3.05, 3.63) is 102 Å². The van der Waals surface area contributed by atoms with Gasteiger partial charge in [-0.3, -0.25) is 4.79 Å². The molecule has 3 rings (SSSR count). The first-order valence-corrected chi connectivity index (χ1v) is 11.6. The van der Waals surface area contributed by atoms with Gasteiger partial charge in [0.1, 0.15) is 0 Å². The van der Waals surface area contributed by atoms with Crippen LogP contribution in [-0.2, 0) is 34.1 Å². The summed E-state index contributed by atoms with van der Waals surface area (Å²) in [5, 5.41) is -0.475. The lowest BCUT2D eigenvalue weighted by molar-refractivity contribution is -0.131. The van der Waals surface area contributed by atoms with Gasteiger partial charge in [-0.05, 0) is 42.7 Å². The monoisotopic (exact) mass is 421 g/mol. The zero-order chi connectivity index (χ0) is 21.6. The second-order valence-corrected chi connectivity index (χ2v) is 10.1. The van der Waals surface area contributed by atoms with Crippen LogP contribution in [0.2, 0.25) is 0 Å². The number of amides is 1. The molecule has 0 aliphatic carbocycles. The van der Waals surface area contributed by atoms with Crippen molar-refractivity contribution in [2.75, 3.05) is 0 Å². The molecule has 3 aromatic carbocycles. The lowest BCUT2D eigenvalue weighted by Crippen LogP contribution is -2.31. The second-order valence-electron chi connectivity index (χ2n) is 7.64. The molecule has 0 aliphatic heterocycles. The van der Waals surface area contributed by atoms with E-state index in [9.17, 15) is 13.2 Å². The fourth-order valence-electron chi connectivity index (χ4n) is 3.20. The minimum atomic E-state index is -3.32. The largest absolute Gasteiger partial charge is 0.334 e. The highest BCUT2D eigenvalue weighted by molar-refractivity contribution is 7.92. The van der Waals surface area contributed by atoms with Crippen molar-refractivity contribution in [3.8, 4) is 0 Å². The molecule has 1 amide bonds. The van der Waals surface area contributed by atoms with E-state index in [1.807, 2.05) is 65.6 Å². The number of nitrogens with zero attached hydrogens (tertiary/aromatic N) is 1. The molecule has 0 aromatic heterocycles. The third kappa shape index (κ3) is 5.57. The Kier molecular flexibility index (Phi) is 7.06. The fourth-order valence-corrected chi connectivity index (χ4v) is 4.26. The van der Waals surface area contributed by atoms with Crippen LogP contribution in [0.1, 0.15) is 30.5 Å². The third-order valence-corrected chi connectivity index (χ3v) is 7.18. The predicted molar refractivity (Wildman–Crippen MR) is 120 cm³/mol. The first-order chi connectivity index (χ1) is 14.4. The molecule has 3 aromatic rings. The van der Waals surface area contributed by atoms with Crippen LogP contribution in [0.25, 0.3) is 0 Å². The van der Waals surface area contributed by atoms with Gasteiger partial charge in [-0.25, -0.2) is 8.42 Å². The molecular weight excluding hydrogens is 394 g/mol. The molecule has 0 heterocycles. The van der Waals surface area contributed by atoms with E-state index in [1.165, 1.54) is 0 Å². The van der Waals surface area contributed by atoms with Gasteiger partial charge in [0.2, 0.25) is 5.91 Å². The van der Waals surface area contributed by atoms with E-state index in [-0.39, 0.29) is 12.3 Å². The van der Waals surface area contributed by atoms with Gasteiger partial charge in [0, 0.05) is 13.1 Å². The van der Waals surface area contributed by atoms with Gasteiger partial charge >= 0.3 is 0 Å². The van der Waals surface area contributed by atoms with Crippen LogP contribution in [0.15, 0.2) is 89.8 Å². The van der Waals surface area contributed by atoms with E-state index in [1.54, 1.807) is 38.1 Å². The zero-order valence-electron chi connectivity index (χ0n) is 17.4. The van der Waals surface area contributed by atoms with Gasteiger partial charge in [-0.15, -0.1) is 0 Å². The average Bonchev–Trinajstić information content (AvgIpc) is 2.75. The standard InChI is InChI=1S/C25H27NO3S/c1-20(2)30(28,29)24-15-13-21(14-16-24)17-25(27)26(18-22-9-5-3-6-10-22)19-23-11-7-4-8-12-23/h3-16,20H,17-19H2,1-2H3. The summed E-state index contributed by atoms with van der Waals surface area (Å²) in [5.74, 6) is 0.00201. The molecule has 0 atom stereocenters. The number of rotatable bonds is 8. The highest BCUT2D eigenvalue weighted by Gasteiger charge is 2.20. The SMILES string of the molecule is CC(C)S(=O)(=O)c1ccc(CC(=O)N(Cc2ccccc2)Cc2ccccc2)cc1. The maximum Gasteiger partial charge on any atom is 0.227 e. The Bertz CT molecular complexity index is 1020. The maximum absolute atomic E-state index is 13.1. The quantitative estimate of drug-likeness (QED) is 0.532. The number of hydrogen-bond acceptors (Lipinski definition) is 3. The molecule has 4 nitrogen and oxygen atoms in total. The third-order valence-electron chi connectivity index (χ3n) is 5.01. The van der Waals surface area contributed by atoms with Crippen LogP contribution < -0.4 is 0 Å². The molecule has 0 saturated heterocycles. The Morgan fingerprint density at radius 2 is 1.20 bits per heavy atom. The van der Waals surface area contributed by atoms with Crippen molar-refractivity contribution >= 4 is 15.7 Å². The second kappa shape index (κ2) is 9.72. The van der Waals surface area contributed by atoms with Gasteiger partial charge in [-0.1, -0.05) is 72.8 Å². The first kappa shape index (κ1) is 21.8. The number of sulfone groups is 1. The summed E-state index contributed by atoms with van der Waals surface area (Å²) < 4.78 is 24.6. The summed E-state index contributed by atoms with van der Waals surface area (Å²) in [7, 11) is -3.32. The van der Waals surface area contributed by atoms with E-state index >= 15 is 0 Å². The minimum absolute atomic E-state index is 0.00201. The molecule has 0 N–H and O–H groups in total. The molecule has 0 aliphatic rings. The molecule has 0 bridgehead atoms. The van der Waals surface area contributed by atoms with E-state index in [2.05, 4.69) is 0 Å². The van der Waals surface area contributed by atoms with E-state index in [4.69, 9.17) is 0 Å². The van der Waals surface area contributed by atoms with E-state index in [0.29, 0.717) is 18.0 Å². The van der Waals surface area contributed by atoms with Crippen molar-refractivity contribution < 1.29 is 13.2 Å². The lowest BCUT2D eigenvalue weighted by Gasteiger charge is -2.23. The molecule has 0 fully saturated rings. The van der Waals surface area contributed by atoms with Crippen LogP contribution in [0.3, 0.4) is 0 Å². The van der Waals surface area contributed by atoms with Crippen LogP contribution in [-0.4, -0.2) is 24.5 Å². The minimum Gasteiger partial charge on any atom is -0.334 e. The van der Waals surface area contributed by atoms with Gasteiger partial charge in [0.05, 0.1) is 16.6 Å². The molecule has 0 spiro atoms. The first-order valence-electron chi connectivity index (χ1n) is 10.0. The highest BCUT2D eigenvalue weighted by Crippen LogP contribution is 2.18. The van der Waals surface area contributed by atoms with Gasteiger partial charge < -0.3 is 4.90 Å². The summed E-state index contributed by atoms with van der Waals surface area (Å²) in [6, 6.07) is 26.5. The van der Waals surface area contributed by atoms with Gasteiger partial charge in [0.15, 0.2) is 9.84 Å². The molecule has 0 radical (unpaired) electrons. The van der Waals surface area contributed by atoms with Crippen molar-refractivity contribution in [3.63, 3.8) is 0 Å². The van der Waals surface area contributed by atoms with Crippen molar-refractivity contribution in [1.82, 2.24) is 4.90 Å². The average molecular weight is 422 g/mol. The Morgan fingerprint density at radius 3 is 1.63 bits per heavy atom. The fraction of sp³-hybridized carbons (Fsp3) is 0.240. The zero-order valence-corrected chi connectivity index (χ0v) is 18.2. The summed E-state index contributed by atoms with van der Waals surface area (Å²) in [4.78, 5) is 15.2. The van der Waals surface area contributed by atoms with Crippen LogP contribution in [0.5, 0.6) is 0 Å². The van der Waals surface area contributed by atoms with E-state index < -0.39 is 15.1 Å².